The number of Topliss-reactive ketones (excluding diaryl/α,β-unsaturated/α-hetero) is 2. The molecule has 0 heterocycles. The van der Waals surface area contributed by atoms with Gasteiger partial charge in [-0.15, -0.1) is 0 Å². The van der Waals surface area contributed by atoms with E-state index in [9.17, 15) is 18.4 Å². The Morgan fingerprint density at radius 3 is 1.83 bits per heavy atom. The molecule has 4 heteroatoms. The van der Waals surface area contributed by atoms with Crippen LogP contribution in [-0.2, 0) is 9.59 Å². The topological polar surface area (TPSA) is 34.1 Å². The van der Waals surface area contributed by atoms with Crippen LogP contribution in [0.3, 0.4) is 0 Å². The molecule has 0 saturated carbocycles. The van der Waals surface area contributed by atoms with E-state index in [4.69, 9.17) is 0 Å². The van der Waals surface area contributed by atoms with Crippen molar-refractivity contribution in [2.45, 2.75) is 26.7 Å². The molecule has 0 rings (SSSR count). The molecule has 12 heavy (non-hydrogen) atoms. The minimum Gasteiger partial charge on any atom is -0.294 e. The molecular formula is C8H10F2O2. The van der Waals surface area contributed by atoms with E-state index in [1.165, 1.54) is 6.92 Å². The highest BCUT2D eigenvalue weighted by Gasteiger charge is 2.35. The molecular weight excluding hydrogens is 166 g/mol. The average Bonchev–Trinajstić information content (AvgIpc) is 1.86. The highest BCUT2D eigenvalue weighted by Crippen LogP contribution is 2.18. The lowest BCUT2D eigenvalue weighted by Crippen LogP contribution is -2.28. The summed E-state index contributed by atoms with van der Waals surface area (Å²) in [4.78, 5) is 21.4. The van der Waals surface area contributed by atoms with Gasteiger partial charge in [0.05, 0.1) is 5.57 Å². The van der Waals surface area contributed by atoms with Gasteiger partial charge in [0, 0.05) is 6.92 Å². The van der Waals surface area contributed by atoms with E-state index in [2.05, 4.69) is 0 Å². The maximum atomic E-state index is 12.4. The van der Waals surface area contributed by atoms with Crippen LogP contribution < -0.4 is 0 Å². The van der Waals surface area contributed by atoms with Gasteiger partial charge in [0.25, 0.3) is 0 Å². The van der Waals surface area contributed by atoms with Crippen LogP contribution in [0.5, 0.6) is 0 Å². The lowest BCUT2D eigenvalue weighted by molar-refractivity contribution is -0.137. The highest BCUT2D eigenvalue weighted by molar-refractivity contribution is 6.21. The summed E-state index contributed by atoms with van der Waals surface area (Å²) in [6.07, 6.45) is 1.10. The monoisotopic (exact) mass is 176 g/mol. The molecule has 0 radical (unpaired) electrons. The number of halogens is 2. The number of allylic oxidation sites excluding steroid dienone is 2. The summed E-state index contributed by atoms with van der Waals surface area (Å²) in [6.45, 7) is 2.93. The minimum atomic E-state index is -3.46. The number of hydrogen-bond donors (Lipinski definition) is 0. The predicted octanol–water partition coefficient (Wildman–Crippen LogP) is 1.75. The van der Waals surface area contributed by atoms with Crippen molar-refractivity contribution in [3.8, 4) is 0 Å². The Morgan fingerprint density at radius 2 is 1.75 bits per heavy atom. The predicted molar refractivity (Wildman–Crippen MR) is 40.1 cm³/mol. The van der Waals surface area contributed by atoms with Gasteiger partial charge >= 0.3 is 5.92 Å². The van der Waals surface area contributed by atoms with Crippen molar-refractivity contribution >= 4 is 11.6 Å². The van der Waals surface area contributed by atoms with E-state index in [1.807, 2.05) is 0 Å². The van der Waals surface area contributed by atoms with Gasteiger partial charge in [0.1, 0.15) is 0 Å². The Balaban J connectivity index is 4.82. The van der Waals surface area contributed by atoms with Crippen LogP contribution in [0.25, 0.3) is 0 Å². The molecule has 0 unspecified atom stereocenters. The van der Waals surface area contributed by atoms with Crippen molar-refractivity contribution < 1.29 is 18.4 Å². The second-order valence-electron chi connectivity index (χ2n) is 2.48. The van der Waals surface area contributed by atoms with Gasteiger partial charge < -0.3 is 0 Å². The van der Waals surface area contributed by atoms with Crippen LogP contribution in [-0.4, -0.2) is 17.5 Å². The standard InChI is InChI=1S/C8H10F2O2/c1-4-6(5(2)11)7(12)8(3,9)10/h4H,1-3H3/b6-4+. The fourth-order valence-corrected chi connectivity index (χ4v) is 0.731. The normalized spacial score (nSPS) is 12.9. The smallest absolute Gasteiger partial charge is 0.294 e. The first-order valence-electron chi connectivity index (χ1n) is 3.40. The molecule has 0 N–H and O–H groups in total. The first-order valence-corrected chi connectivity index (χ1v) is 3.40. The number of hydrogen-bond acceptors (Lipinski definition) is 2. The largest absolute Gasteiger partial charge is 0.307 e. The van der Waals surface area contributed by atoms with Gasteiger partial charge in [-0.05, 0) is 13.8 Å². The number of rotatable bonds is 3. The second kappa shape index (κ2) is 3.56. The first-order chi connectivity index (χ1) is 5.30. The third-order valence-electron chi connectivity index (χ3n) is 1.31. The Morgan fingerprint density at radius 1 is 1.33 bits per heavy atom. The van der Waals surface area contributed by atoms with Crippen molar-refractivity contribution in [2.75, 3.05) is 0 Å². The lowest BCUT2D eigenvalue weighted by atomic mass is 10.0. The number of ketones is 2. The Bertz CT molecular complexity index is 236. The Hall–Kier alpha value is -1.06. The van der Waals surface area contributed by atoms with Gasteiger partial charge in [-0.3, -0.25) is 9.59 Å². The highest BCUT2D eigenvalue weighted by atomic mass is 19.3. The summed E-state index contributed by atoms with van der Waals surface area (Å²) in [5.74, 6) is -5.52. The molecule has 2 nitrogen and oxygen atoms in total. The van der Waals surface area contributed by atoms with Crippen LogP contribution in [0.15, 0.2) is 11.6 Å². The zero-order chi connectivity index (χ0) is 9.94. The number of carbonyl (C=O) groups excluding carboxylic acids is 2. The molecule has 0 amide bonds. The quantitative estimate of drug-likeness (QED) is 0.373. The van der Waals surface area contributed by atoms with Gasteiger partial charge in [-0.2, -0.15) is 8.78 Å². The Kier molecular flexibility index (Phi) is 3.24. The van der Waals surface area contributed by atoms with E-state index in [1.54, 1.807) is 0 Å². The SMILES string of the molecule is C/C=C(\C(C)=O)C(=O)C(C)(F)F. The molecule has 0 saturated heterocycles. The molecule has 0 spiro atoms. The van der Waals surface area contributed by atoms with E-state index < -0.39 is 23.1 Å². The fourth-order valence-electron chi connectivity index (χ4n) is 0.731. The summed E-state index contributed by atoms with van der Waals surface area (Å²) in [6, 6.07) is 0. The minimum absolute atomic E-state index is 0.442. The molecule has 0 aromatic carbocycles. The van der Waals surface area contributed by atoms with Crippen molar-refractivity contribution in [1.29, 1.82) is 0 Å². The molecule has 0 fully saturated rings. The first kappa shape index (κ1) is 10.9. The van der Waals surface area contributed by atoms with E-state index in [0.717, 1.165) is 13.0 Å². The van der Waals surface area contributed by atoms with Gasteiger partial charge in [0.15, 0.2) is 5.78 Å². The van der Waals surface area contributed by atoms with Crippen LogP contribution in [0.4, 0.5) is 8.78 Å². The van der Waals surface area contributed by atoms with Crippen LogP contribution in [0.1, 0.15) is 20.8 Å². The zero-order valence-electron chi connectivity index (χ0n) is 7.15. The molecule has 0 aromatic heterocycles. The molecule has 0 aromatic rings. The number of carbonyl (C=O) groups is 2. The molecule has 0 atom stereocenters. The van der Waals surface area contributed by atoms with Crippen molar-refractivity contribution in [2.24, 2.45) is 0 Å². The summed E-state index contributed by atoms with van der Waals surface area (Å²) >= 11 is 0. The maximum absolute atomic E-state index is 12.4. The van der Waals surface area contributed by atoms with Gasteiger partial charge in [-0.25, -0.2) is 0 Å². The molecule has 0 aliphatic heterocycles. The molecule has 0 bridgehead atoms. The van der Waals surface area contributed by atoms with Crippen LogP contribution in [0, 0.1) is 0 Å². The fraction of sp³-hybridized carbons (Fsp3) is 0.500. The maximum Gasteiger partial charge on any atom is 0.307 e. The summed E-state index contributed by atoms with van der Waals surface area (Å²) in [7, 11) is 0. The van der Waals surface area contributed by atoms with E-state index >= 15 is 0 Å². The van der Waals surface area contributed by atoms with Crippen molar-refractivity contribution in [3.05, 3.63) is 11.6 Å². The third-order valence-corrected chi connectivity index (χ3v) is 1.31. The summed E-state index contributed by atoms with van der Waals surface area (Å²) in [5, 5.41) is 0. The molecule has 68 valence electrons. The summed E-state index contributed by atoms with van der Waals surface area (Å²) < 4.78 is 24.7. The Labute approximate surface area is 69.3 Å². The van der Waals surface area contributed by atoms with E-state index in [0.29, 0.717) is 6.92 Å². The van der Waals surface area contributed by atoms with Gasteiger partial charge in [-0.1, -0.05) is 6.08 Å². The second-order valence-corrected chi connectivity index (χ2v) is 2.48. The zero-order valence-corrected chi connectivity index (χ0v) is 7.15. The average molecular weight is 176 g/mol. The molecule has 0 aliphatic carbocycles. The summed E-state index contributed by atoms with van der Waals surface area (Å²) in [5.41, 5.74) is -0.442. The third kappa shape index (κ3) is 2.53. The molecule has 0 aliphatic rings. The lowest BCUT2D eigenvalue weighted by Gasteiger charge is -2.08. The number of alkyl halides is 2. The van der Waals surface area contributed by atoms with Crippen LogP contribution >= 0.6 is 0 Å². The van der Waals surface area contributed by atoms with Crippen molar-refractivity contribution in [1.82, 2.24) is 0 Å². The van der Waals surface area contributed by atoms with Gasteiger partial charge in [0.2, 0.25) is 5.78 Å². The van der Waals surface area contributed by atoms with Crippen molar-refractivity contribution in [3.63, 3.8) is 0 Å². The van der Waals surface area contributed by atoms with E-state index in [-0.39, 0.29) is 0 Å². The van der Waals surface area contributed by atoms with Crippen LogP contribution in [0.2, 0.25) is 0 Å².